The lowest BCUT2D eigenvalue weighted by atomic mass is 9.99. The van der Waals surface area contributed by atoms with Crippen LogP contribution in [0.5, 0.6) is 0 Å². The van der Waals surface area contributed by atoms with E-state index in [4.69, 9.17) is 0 Å². The third-order valence-electron chi connectivity index (χ3n) is 4.85. The second-order valence-corrected chi connectivity index (χ2v) is 6.27. The van der Waals surface area contributed by atoms with E-state index in [1.165, 1.54) is 45.2 Å². The molecular formula is C17H25N3O. The molecule has 0 aromatic carbocycles. The average molecular weight is 287 g/mol. The van der Waals surface area contributed by atoms with Crippen molar-refractivity contribution in [3.63, 3.8) is 0 Å². The van der Waals surface area contributed by atoms with Gasteiger partial charge in [-0.05, 0) is 50.9 Å². The quantitative estimate of drug-likeness (QED) is 0.801. The van der Waals surface area contributed by atoms with Gasteiger partial charge in [-0.1, -0.05) is 6.42 Å². The van der Waals surface area contributed by atoms with Crippen LogP contribution in [-0.4, -0.2) is 47.9 Å². The molecule has 3 rings (SSSR count). The highest BCUT2D eigenvalue weighted by Crippen LogP contribution is 2.24. The zero-order chi connectivity index (χ0) is 14.7. The van der Waals surface area contributed by atoms with Crippen LogP contribution in [0.2, 0.25) is 0 Å². The van der Waals surface area contributed by atoms with Crippen molar-refractivity contribution in [1.29, 1.82) is 0 Å². The van der Waals surface area contributed by atoms with Crippen LogP contribution in [0.3, 0.4) is 0 Å². The fourth-order valence-electron chi connectivity index (χ4n) is 3.55. The molecular weight excluding hydrogens is 262 g/mol. The SMILES string of the molecule is CC(=O)c1ccc(N2CCC(N3CCCCC3)CC2)cn1. The Morgan fingerprint density at radius 1 is 1.10 bits per heavy atom. The van der Waals surface area contributed by atoms with Gasteiger partial charge in [-0.3, -0.25) is 9.78 Å². The summed E-state index contributed by atoms with van der Waals surface area (Å²) in [7, 11) is 0. The van der Waals surface area contributed by atoms with Crippen LogP contribution < -0.4 is 4.90 Å². The van der Waals surface area contributed by atoms with Crippen molar-refractivity contribution in [2.45, 2.75) is 45.1 Å². The van der Waals surface area contributed by atoms with Gasteiger partial charge in [-0.25, -0.2) is 0 Å². The zero-order valence-corrected chi connectivity index (χ0v) is 12.9. The van der Waals surface area contributed by atoms with Gasteiger partial charge >= 0.3 is 0 Å². The maximum Gasteiger partial charge on any atom is 0.178 e. The fraction of sp³-hybridized carbons (Fsp3) is 0.647. The number of nitrogens with zero attached hydrogens (tertiary/aromatic N) is 3. The number of carbonyl (C=O) groups is 1. The first-order chi connectivity index (χ1) is 10.2. The summed E-state index contributed by atoms with van der Waals surface area (Å²) in [5.74, 6) is 0.0327. The third-order valence-corrected chi connectivity index (χ3v) is 4.85. The molecule has 0 amide bonds. The minimum atomic E-state index is 0.0327. The van der Waals surface area contributed by atoms with Gasteiger partial charge in [0.05, 0.1) is 11.9 Å². The number of rotatable bonds is 3. The van der Waals surface area contributed by atoms with Gasteiger partial charge in [-0.15, -0.1) is 0 Å². The number of ketones is 1. The van der Waals surface area contributed by atoms with E-state index in [0.29, 0.717) is 5.69 Å². The summed E-state index contributed by atoms with van der Waals surface area (Å²) in [5, 5.41) is 0. The third kappa shape index (κ3) is 3.43. The smallest absolute Gasteiger partial charge is 0.178 e. The lowest BCUT2D eigenvalue weighted by Gasteiger charge is -2.40. The van der Waals surface area contributed by atoms with E-state index in [0.717, 1.165) is 24.8 Å². The van der Waals surface area contributed by atoms with Gasteiger partial charge < -0.3 is 9.80 Å². The van der Waals surface area contributed by atoms with Crippen molar-refractivity contribution < 1.29 is 4.79 Å². The Morgan fingerprint density at radius 3 is 2.38 bits per heavy atom. The molecule has 4 nitrogen and oxygen atoms in total. The van der Waals surface area contributed by atoms with E-state index in [9.17, 15) is 4.79 Å². The minimum absolute atomic E-state index is 0.0327. The first-order valence-electron chi connectivity index (χ1n) is 8.20. The van der Waals surface area contributed by atoms with E-state index in [2.05, 4.69) is 14.8 Å². The highest BCUT2D eigenvalue weighted by molar-refractivity contribution is 5.92. The Bertz CT molecular complexity index is 471. The fourth-order valence-corrected chi connectivity index (χ4v) is 3.55. The molecule has 0 spiro atoms. The van der Waals surface area contributed by atoms with Crippen LogP contribution in [0.15, 0.2) is 18.3 Å². The van der Waals surface area contributed by atoms with E-state index >= 15 is 0 Å². The standard InChI is InChI=1S/C17H25N3O/c1-14(21)17-6-5-16(13-18-17)20-11-7-15(8-12-20)19-9-3-2-4-10-19/h5-6,13,15H,2-4,7-12H2,1H3. The average Bonchev–Trinajstić information content (AvgIpc) is 2.56. The van der Waals surface area contributed by atoms with Crippen LogP contribution in [0.1, 0.15) is 49.5 Å². The summed E-state index contributed by atoms with van der Waals surface area (Å²) in [6.07, 6.45) is 8.48. The van der Waals surface area contributed by atoms with E-state index < -0.39 is 0 Å². The van der Waals surface area contributed by atoms with Crippen LogP contribution in [0.4, 0.5) is 5.69 Å². The maximum atomic E-state index is 11.3. The van der Waals surface area contributed by atoms with Crippen molar-refractivity contribution >= 4 is 11.5 Å². The molecule has 2 saturated heterocycles. The Balaban J connectivity index is 1.56. The van der Waals surface area contributed by atoms with Crippen LogP contribution >= 0.6 is 0 Å². The molecule has 114 valence electrons. The van der Waals surface area contributed by atoms with E-state index in [-0.39, 0.29) is 5.78 Å². The molecule has 2 aliphatic rings. The Hall–Kier alpha value is -1.42. The zero-order valence-electron chi connectivity index (χ0n) is 12.9. The number of carbonyl (C=O) groups excluding carboxylic acids is 1. The molecule has 0 bridgehead atoms. The molecule has 0 atom stereocenters. The summed E-state index contributed by atoms with van der Waals surface area (Å²) in [6.45, 7) is 6.34. The van der Waals surface area contributed by atoms with Gasteiger partial charge in [0.25, 0.3) is 0 Å². The first-order valence-corrected chi connectivity index (χ1v) is 8.20. The summed E-state index contributed by atoms with van der Waals surface area (Å²) < 4.78 is 0. The molecule has 1 aromatic rings. The molecule has 1 aromatic heterocycles. The number of piperidine rings is 2. The van der Waals surface area contributed by atoms with Crippen molar-refractivity contribution in [3.8, 4) is 0 Å². The number of pyridine rings is 1. The minimum Gasteiger partial charge on any atom is -0.370 e. The highest BCUT2D eigenvalue weighted by Gasteiger charge is 2.25. The molecule has 2 aliphatic heterocycles. The molecule has 0 radical (unpaired) electrons. The van der Waals surface area contributed by atoms with Crippen LogP contribution in [0, 0.1) is 0 Å². The second kappa shape index (κ2) is 6.56. The Kier molecular flexibility index (Phi) is 4.54. The van der Waals surface area contributed by atoms with E-state index in [1.807, 2.05) is 18.3 Å². The lowest BCUT2D eigenvalue weighted by molar-refractivity contribution is 0.101. The number of anilines is 1. The predicted octanol–water partition coefficient (Wildman–Crippen LogP) is 2.74. The summed E-state index contributed by atoms with van der Waals surface area (Å²) >= 11 is 0. The lowest BCUT2D eigenvalue weighted by Crippen LogP contribution is -2.46. The summed E-state index contributed by atoms with van der Waals surface area (Å²) in [5.41, 5.74) is 1.71. The molecule has 3 heterocycles. The van der Waals surface area contributed by atoms with Gasteiger partial charge in [0.15, 0.2) is 5.78 Å². The van der Waals surface area contributed by atoms with E-state index in [1.54, 1.807) is 6.92 Å². The first kappa shape index (κ1) is 14.5. The van der Waals surface area contributed by atoms with Crippen LogP contribution in [0.25, 0.3) is 0 Å². The number of likely N-dealkylation sites (tertiary alicyclic amines) is 1. The van der Waals surface area contributed by atoms with Crippen LogP contribution in [-0.2, 0) is 0 Å². The Labute approximate surface area is 127 Å². The van der Waals surface area contributed by atoms with Gasteiger partial charge in [0, 0.05) is 26.1 Å². The summed E-state index contributed by atoms with van der Waals surface area (Å²) in [4.78, 5) is 20.6. The topological polar surface area (TPSA) is 36.4 Å². The Morgan fingerprint density at radius 2 is 1.81 bits per heavy atom. The van der Waals surface area contributed by atoms with Crippen molar-refractivity contribution in [2.75, 3.05) is 31.1 Å². The number of Topliss-reactive ketones (excluding diaryl/α,β-unsaturated/α-hetero) is 1. The largest absolute Gasteiger partial charge is 0.370 e. The predicted molar refractivity (Wildman–Crippen MR) is 84.9 cm³/mol. The van der Waals surface area contributed by atoms with Gasteiger partial charge in [0.2, 0.25) is 0 Å². The van der Waals surface area contributed by atoms with Gasteiger partial charge in [-0.2, -0.15) is 0 Å². The molecule has 0 unspecified atom stereocenters. The van der Waals surface area contributed by atoms with Gasteiger partial charge in [0.1, 0.15) is 5.69 Å². The van der Waals surface area contributed by atoms with Crippen molar-refractivity contribution in [3.05, 3.63) is 24.0 Å². The molecule has 0 aliphatic carbocycles. The summed E-state index contributed by atoms with van der Waals surface area (Å²) in [6, 6.07) is 4.64. The molecule has 0 N–H and O–H groups in total. The van der Waals surface area contributed by atoms with Crippen molar-refractivity contribution in [2.24, 2.45) is 0 Å². The van der Waals surface area contributed by atoms with Crippen molar-refractivity contribution in [1.82, 2.24) is 9.88 Å². The maximum absolute atomic E-state index is 11.3. The highest BCUT2D eigenvalue weighted by atomic mass is 16.1. The number of aromatic nitrogens is 1. The molecule has 0 saturated carbocycles. The molecule has 4 heteroatoms. The number of hydrogen-bond acceptors (Lipinski definition) is 4. The number of hydrogen-bond donors (Lipinski definition) is 0. The monoisotopic (exact) mass is 287 g/mol. The second-order valence-electron chi connectivity index (χ2n) is 6.27. The molecule has 2 fully saturated rings. The normalized spacial score (nSPS) is 21.5. The molecule has 21 heavy (non-hydrogen) atoms.